The minimum absolute atomic E-state index is 0.141. The van der Waals surface area contributed by atoms with Crippen LogP contribution < -0.4 is 5.43 Å². The first-order valence-corrected chi connectivity index (χ1v) is 13.3. The molecule has 0 amide bonds. The minimum atomic E-state index is -10.7. The second kappa shape index (κ2) is 9.07. The van der Waals surface area contributed by atoms with Crippen molar-refractivity contribution >= 4 is 38.5 Å². The summed E-state index contributed by atoms with van der Waals surface area (Å²) in [6.07, 6.45) is 0. The van der Waals surface area contributed by atoms with Crippen molar-refractivity contribution in [2.75, 3.05) is 0 Å². The van der Waals surface area contributed by atoms with Crippen molar-refractivity contribution < 1.29 is 25.2 Å². The molecule has 1 heterocycles. The number of hydrogen-bond acceptors (Lipinski definition) is 1. The van der Waals surface area contributed by atoms with Gasteiger partial charge in [0.1, 0.15) is 0 Å². The first kappa shape index (κ1) is 26.8. The Morgan fingerprint density at radius 3 is 1.36 bits per heavy atom. The SMILES string of the molecule is CC(C)C.Cc1ccc(-[s+]2c3ccccc3c(=O)c3ccccc32)cc1.F[P-](F)(F)(F)(F)F. The van der Waals surface area contributed by atoms with Gasteiger partial charge in [-0.1, -0.05) is 62.7 Å². The Morgan fingerprint density at radius 2 is 1.00 bits per heavy atom. The Labute approximate surface area is 190 Å². The third-order valence-electron chi connectivity index (χ3n) is 3.96. The molecular weight excluding hydrogens is 481 g/mol. The summed E-state index contributed by atoms with van der Waals surface area (Å²) >= 11 is 0. The molecule has 1 nitrogen and oxygen atoms in total. The third kappa shape index (κ3) is 9.14. The van der Waals surface area contributed by atoms with Gasteiger partial charge >= 0.3 is 33.0 Å². The van der Waals surface area contributed by atoms with Crippen molar-refractivity contribution in [2.24, 2.45) is 5.92 Å². The summed E-state index contributed by atoms with van der Waals surface area (Å²) in [5.74, 6) is 0.833. The molecule has 0 unspecified atom stereocenters. The molecule has 0 saturated heterocycles. The number of benzene rings is 3. The van der Waals surface area contributed by atoms with E-state index in [2.05, 4.69) is 64.1 Å². The molecule has 0 fully saturated rings. The van der Waals surface area contributed by atoms with E-state index < -0.39 is 7.81 Å². The van der Waals surface area contributed by atoms with Gasteiger partial charge in [-0.15, -0.1) is 0 Å². The number of hydrogen-bond donors (Lipinski definition) is 0. The Balaban J connectivity index is 0.000000295. The topological polar surface area (TPSA) is 17.1 Å². The number of rotatable bonds is 1. The van der Waals surface area contributed by atoms with Crippen molar-refractivity contribution in [1.29, 1.82) is 0 Å². The van der Waals surface area contributed by atoms with Crippen molar-refractivity contribution in [2.45, 2.75) is 27.7 Å². The van der Waals surface area contributed by atoms with Crippen molar-refractivity contribution in [3.8, 4) is 4.90 Å². The van der Waals surface area contributed by atoms with Crippen LogP contribution in [-0.2, 0) is 0 Å². The fourth-order valence-corrected chi connectivity index (χ4v) is 5.20. The predicted molar refractivity (Wildman–Crippen MR) is 130 cm³/mol. The second-order valence-corrected chi connectivity index (χ2v) is 12.0. The van der Waals surface area contributed by atoms with Crippen LogP contribution in [0.15, 0.2) is 77.6 Å². The fourth-order valence-electron chi connectivity index (χ4n) is 2.86. The van der Waals surface area contributed by atoms with E-state index in [9.17, 15) is 30.0 Å². The van der Waals surface area contributed by atoms with Crippen LogP contribution in [0.2, 0.25) is 0 Å². The fraction of sp³-hybridized carbons (Fsp3) is 0.208. The molecule has 0 aliphatic rings. The average Bonchev–Trinajstić information content (AvgIpc) is 2.67. The van der Waals surface area contributed by atoms with E-state index in [4.69, 9.17) is 0 Å². The summed E-state index contributed by atoms with van der Waals surface area (Å²) in [5, 5.41) is 1.68. The predicted octanol–water partition coefficient (Wildman–Crippen LogP) is 10.4. The van der Waals surface area contributed by atoms with Gasteiger partial charge in [0.05, 0.1) is 10.8 Å². The van der Waals surface area contributed by atoms with E-state index >= 15 is 0 Å². The number of aryl methyl sites for hydroxylation is 1. The summed E-state index contributed by atoms with van der Waals surface area (Å²) in [4.78, 5) is 14.0. The van der Waals surface area contributed by atoms with Gasteiger partial charge in [-0.3, -0.25) is 4.79 Å². The Kier molecular flexibility index (Phi) is 7.37. The van der Waals surface area contributed by atoms with E-state index in [1.165, 1.54) is 10.5 Å². The monoisotopic (exact) mass is 506 g/mol. The molecule has 9 heteroatoms. The summed E-state index contributed by atoms with van der Waals surface area (Å²) < 4.78 is 61.5. The molecule has 0 aliphatic heterocycles. The van der Waals surface area contributed by atoms with Crippen molar-refractivity contribution in [3.05, 3.63) is 88.6 Å². The van der Waals surface area contributed by atoms with Gasteiger partial charge in [0.25, 0.3) is 0 Å². The van der Waals surface area contributed by atoms with Gasteiger partial charge in [0.15, 0.2) is 14.3 Å². The Hall–Kier alpha value is -2.44. The molecule has 4 rings (SSSR count). The maximum absolute atomic E-state index is 12.7. The van der Waals surface area contributed by atoms with Crippen LogP contribution in [0.25, 0.3) is 25.1 Å². The van der Waals surface area contributed by atoms with E-state index in [1.807, 2.05) is 36.4 Å². The van der Waals surface area contributed by atoms with Gasteiger partial charge < -0.3 is 0 Å². The van der Waals surface area contributed by atoms with Crippen molar-refractivity contribution in [1.82, 2.24) is 0 Å². The molecule has 180 valence electrons. The molecular formula is C24H25F6OPS. The molecule has 0 N–H and O–H groups in total. The van der Waals surface area contributed by atoms with Crippen LogP contribution >= 0.6 is 18.3 Å². The molecule has 0 radical (unpaired) electrons. The number of fused-ring (bicyclic) bond motifs is 2. The van der Waals surface area contributed by atoms with Crippen LogP contribution in [0.5, 0.6) is 0 Å². The third-order valence-corrected chi connectivity index (χ3v) is 6.30. The van der Waals surface area contributed by atoms with Gasteiger partial charge in [0.2, 0.25) is 5.43 Å². The quantitative estimate of drug-likeness (QED) is 0.109. The van der Waals surface area contributed by atoms with E-state index in [0.717, 1.165) is 26.1 Å². The van der Waals surface area contributed by atoms with E-state index in [-0.39, 0.29) is 15.9 Å². The van der Waals surface area contributed by atoms with Gasteiger partial charge in [-0.05, 0) is 49.2 Å². The molecule has 4 aromatic rings. The van der Waals surface area contributed by atoms with Gasteiger partial charge in [0, 0.05) is 10.5 Å². The van der Waals surface area contributed by atoms with Crippen molar-refractivity contribution in [3.63, 3.8) is 0 Å². The molecule has 1 aromatic heterocycles. The zero-order valence-electron chi connectivity index (χ0n) is 18.5. The first-order valence-electron chi connectivity index (χ1n) is 10.0. The average molecular weight is 506 g/mol. The molecule has 33 heavy (non-hydrogen) atoms. The summed E-state index contributed by atoms with van der Waals surface area (Å²) in [5.41, 5.74) is 1.39. The zero-order valence-corrected chi connectivity index (χ0v) is 20.2. The molecule has 3 aromatic carbocycles. The van der Waals surface area contributed by atoms with Crippen LogP contribution in [0.1, 0.15) is 26.3 Å². The van der Waals surface area contributed by atoms with E-state index in [1.54, 1.807) is 0 Å². The van der Waals surface area contributed by atoms with Crippen LogP contribution in [-0.4, -0.2) is 0 Å². The summed E-state index contributed by atoms with van der Waals surface area (Å²) in [6, 6.07) is 24.7. The Morgan fingerprint density at radius 1 is 0.667 bits per heavy atom. The molecule has 0 spiro atoms. The van der Waals surface area contributed by atoms with Crippen LogP contribution in [0, 0.1) is 12.8 Å². The normalized spacial score (nSPS) is 13.4. The summed E-state index contributed by atoms with van der Waals surface area (Å²) in [7, 11) is -10.9. The molecule has 0 saturated carbocycles. The van der Waals surface area contributed by atoms with Gasteiger partial charge in [-0.25, -0.2) is 0 Å². The Bertz CT molecular complexity index is 1240. The van der Waals surface area contributed by atoms with Gasteiger partial charge in [-0.2, -0.15) is 0 Å². The van der Waals surface area contributed by atoms with Crippen LogP contribution in [0.3, 0.4) is 0 Å². The number of halogens is 6. The first-order chi connectivity index (χ1) is 14.9. The van der Waals surface area contributed by atoms with E-state index in [0.29, 0.717) is 0 Å². The maximum atomic E-state index is 12.7. The standard InChI is InChI=1S/C20H15OS.C4H10.F6P/c1-14-10-12-15(13-11-14)22-18-8-4-2-6-16(18)20(21)17-7-3-5-9-19(17)22;1-4(2)3;1-7(2,3,4,5)6/h2-13H,1H3;4H,1-3H3;/q+1;;-1. The van der Waals surface area contributed by atoms with Crippen LogP contribution in [0.4, 0.5) is 25.2 Å². The molecule has 0 atom stereocenters. The zero-order chi connectivity index (χ0) is 25.1. The summed E-state index contributed by atoms with van der Waals surface area (Å²) in [6.45, 7) is 8.60. The molecule has 0 aliphatic carbocycles. The second-order valence-electron chi connectivity index (χ2n) is 8.13. The molecule has 0 bridgehead atoms.